The molecule has 5 heteroatoms. The Balaban J connectivity index is 2.94. The maximum absolute atomic E-state index is 4.12. The van der Waals surface area contributed by atoms with Gasteiger partial charge in [0.2, 0.25) is 0 Å². The van der Waals surface area contributed by atoms with Crippen LogP contribution in [0, 0.1) is 0 Å². The van der Waals surface area contributed by atoms with Gasteiger partial charge >= 0.3 is 0 Å². The van der Waals surface area contributed by atoms with Gasteiger partial charge in [-0.1, -0.05) is 0 Å². The first-order chi connectivity index (χ1) is 6.15. The zero-order valence-corrected chi connectivity index (χ0v) is 9.51. The summed E-state index contributed by atoms with van der Waals surface area (Å²) in [6.07, 6.45) is 1.53. The van der Waals surface area contributed by atoms with Crippen molar-refractivity contribution in [1.82, 2.24) is 9.97 Å². The molecule has 0 aliphatic rings. The van der Waals surface area contributed by atoms with E-state index in [0.717, 1.165) is 16.1 Å². The SMILES string of the molecule is CNc1ncnc(NC(C)C)c1Br. The van der Waals surface area contributed by atoms with Crippen molar-refractivity contribution in [2.24, 2.45) is 0 Å². The maximum Gasteiger partial charge on any atom is 0.146 e. The first-order valence-electron chi connectivity index (χ1n) is 4.10. The molecule has 0 unspecified atom stereocenters. The van der Waals surface area contributed by atoms with E-state index in [0.29, 0.717) is 6.04 Å². The molecular weight excluding hydrogens is 232 g/mol. The number of halogens is 1. The zero-order valence-electron chi connectivity index (χ0n) is 7.93. The van der Waals surface area contributed by atoms with E-state index in [1.165, 1.54) is 6.33 Å². The van der Waals surface area contributed by atoms with E-state index in [-0.39, 0.29) is 0 Å². The predicted octanol–water partition coefficient (Wildman–Crippen LogP) is 2.10. The minimum Gasteiger partial charge on any atom is -0.372 e. The molecule has 0 aliphatic carbocycles. The fourth-order valence-electron chi connectivity index (χ4n) is 0.918. The molecule has 0 saturated carbocycles. The lowest BCUT2D eigenvalue weighted by Gasteiger charge is -2.11. The molecule has 2 N–H and O–H groups in total. The smallest absolute Gasteiger partial charge is 0.146 e. The minimum absolute atomic E-state index is 0.357. The number of aromatic nitrogens is 2. The summed E-state index contributed by atoms with van der Waals surface area (Å²) in [5.74, 6) is 1.60. The molecule has 4 nitrogen and oxygen atoms in total. The predicted molar refractivity (Wildman–Crippen MR) is 58.0 cm³/mol. The molecule has 72 valence electrons. The average molecular weight is 245 g/mol. The van der Waals surface area contributed by atoms with Gasteiger partial charge in [-0.05, 0) is 29.8 Å². The number of nitrogens with zero attached hydrogens (tertiary/aromatic N) is 2. The van der Waals surface area contributed by atoms with Gasteiger partial charge in [0.1, 0.15) is 22.4 Å². The third-order valence-electron chi connectivity index (χ3n) is 1.45. The van der Waals surface area contributed by atoms with E-state index < -0.39 is 0 Å². The van der Waals surface area contributed by atoms with Crippen LogP contribution in [0.1, 0.15) is 13.8 Å². The van der Waals surface area contributed by atoms with E-state index in [4.69, 9.17) is 0 Å². The Kier molecular flexibility index (Phi) is 3.48. The lowest BCUT2D eigenvalue weighted by atomic mass is 10.4. The summed E-state index contributed by atoms with van der Waals surface area (Å²) in [6.45, 7) is 4.13. The third-order valence-corrected chi connectivity index (χ3v) is 2.20. The summed E-state index contributed by atoms with van der Waals surface area (Å²) >= 11 is 3.42. The van der Waals surface area contributed by atoms with E-state index in [9.17, 15) is 0 Å². The fourth-order valence-corrected chi connectivity index (χ4v) is 1.44. The standard InChI is InChI=1S/C8H13BrN4/c1-5(2)13-8-6(9)7(10-3)11-4-12-8/h4-5H,1-3H3,(H2,10,11,12,13). The molecular formula is C8H13BrN4. The summed E-state index contributed by atoms with van der Waals surface area (Å²) in [5.41, 5.74) is 0. The molecule has 13 heavy (non-hydrogen) atoms. The van der Waals surface area contributed by atoms with Crippen LogP contribution >= 0.6 is 15.9 Å². The number of hydrogen-bond acceptors (Lipinski definition) is 4. The number of nitrogens with one attached hydrogen (secondary N) is 2. The molecule has 0 aromatic carbocycles. The summed E-state index contributed by atoms with van der Waals surface area (Å²) < 4.78 is 0.867. The van der Waals surface area contributed by atoms with Gasteiger partial charge in [0.15, 0.2) is 0 Å². The Bertz CT molecular complexity index is 287. The van der Waals surface area contributed by atoms with Gasteiger partial charge in [-0.2, -0.15) is 0 Å². The van der Waals surface area contributed by atoms with Crippen LogP contribution in [0.25, 0.3) is 0 Å². The molecule has 0 fully saturated rings. The van der Waals surface area contributed by atoms with E-state index >= 15 is 0 Å². The van der Waals surface area contributed by atoms with Crippen molar-refractivity contribution >= 4 is 27.6 Å². The van der Waals surface area contributed by atoms with Gasteiger partial charge in [0.25, 0.3) is 0 Å². The van der Waals surface area contributed by atoms with Gasteiger partial charge in [0, 0.05) is 13.1 Å². The van der Waals surface area contributed by atoms with E-state index in [1.807, 2.05) is 7.05 Å². The van der Waals surface area contributed by atoms with Crippen LogP contribution in [0.3, 0.4) is 0 Å². The topological polar surface area (TPSA) is 49.8 Å². The largest absolute Gasteiger partial charge is 0.372 e. The Morgan fingerprint density at radius 2 is 1.92 bits per heavy atom. The van der Waals surface area contributed by atoms with Crippen LogP contribution in [0.15, 0.2) is 10.8 Å². The van der Waals surface area contributed by atoms with Crippen molar-refractivity contribution in [2.45, 2.75) is 19.9 Å². The van der Waals surface area contributed by atoms with Gasteiger partial charge in [0.05, 0.1) is 0 Å². The maximum atomic E-state index is 4.12. The highest BCUT2D eigenvalue weighted by Gasteiger charge is 2.07. The molecule has 1 aromatic rings. The average Bonchev–Trinajstić information content (AvgIpc) is 2.08. The molecule has 1 aromatic heterocycles. The second-order valence-electron chi connectivity index (χ2n) is 2.93. The number of rotatable bonds is 3. The Labute approximate surface area is 86.3 Å². The van der Waals surface area contributed by atoms with E-state index in [1.54, 1.807) is 0 Å². The molecule has 0 radical (unpaired) electrons. The van der Waals surface area contributed by atoms with Gasteiger partial charge in [-0.3, -0.25) is 0 Å². The molecule has 1 heterocycles. The lowest BCUT2D eigenvalue weighted by Crippen LogP contribution is -2.12. The minimum atomic E-state index is 0.357. The number of anilines is 2. The highest BCUT2D eigenvalue weighted by Crippen LogP contribution is 2.26. The molecule has 0 aliphatic heterocycles. The van der Waals surface area contributed by atoms with Crippen LogP contribution in [-0.2, 0) is 0 Å². The van der Waals surface area contributed by atoms with Crippen molar-refractivity contribution in [3.63, 3.8) is 0 Å². The van der Waals surface area contributed by atoms with Crippen LogP contribution in [0.2, 0.25) is 0 Å². The monoisotopic (exact) mass is 244 g/mol. The van der Waals surface area contributed by atoms with Crippen molar-refractivity contribution in [3.05, 3.63) is 10.8 Å². The molecule has 0 spiro atoms. The Morgan fingerprint density at radius 1 is 1.31 bits per heavy atom. The zero-order chi connectivity index (χ0) is 9.84. The first kappa shape index (κ1) is 10.2. The summed E-state index contributed by atoms with van der Waals surface area (Å²) in [5, 5.41) is 6.18. The lowest BCUT2D eigenvalue weighted by molar-refractivity contribution is 0.884. The van der Waals surface area contributed by atoms with Crippen LogP contribution in [0.5, 0.6) is 0 Å². The molecule has 0 amide bonds. The molecule has 0 bridgehead atoms. The summed E-state index contributed by atoms with van der Waals surface area (Å²) in [6, 6.07) is 0.357. The Morgan fingerprint density at radius 3 is 2.46 bits per heavy atom. The molecule has 0 saturated heterocycles. The van der Waals surface area contributed by atoms with Crippen molar-refractivity contribution in [1.29, 1.82) is 0 Å². The summed E-state index contributed by atoms with van der Waals surface area (Å²) in [4.78, 5) is 8.17. The van der Waals surface area contributed by atoms with Crippen LogP contribution < -0.4 is 10.6 Å². The normalized spacial score (nSPS) is 10.2. The highest BCUT2D eigenvalue weighted by molar-refractivity contribution is 9.10. The van der Waals surface area contributed by atoms with Gasteiger partial charge in [-0.15, -0.1) is 0 Å². The Hall–Kier alpha value is -0.840. The third kappa shape index (κ3) is 2.55. The number of hydrogen-bond donors (Lipinski definition) is 2. The van der Waals surface area contributed by atoms with Gasteiger partial charge in [-0.25, -0.2) is 9.97 Å². The second kappa shape index (κ2) is 4.41. The van der Waals surface area contributed by atoms with Crippen molar-refractivity contribution < 1.29 is 0 Å². The molecule has 0 atom stereocenters. The summed E-state index contributed by atoms with van der Waals surface area (Å²) in [7, 11) is 1.83. The fraction of sp³-hybridized carbons (Fsp3) is 0.500. The van der Waals surface area contributed by atoms with Crippen LogP contribution in [-0.4, -0.2) is 23.1 Å². The van der Waals surface area contributed by atoms with E-state index in [2.05, 4.69) is 50.4 Å². The quantitative estimate of drug-likeness (QED) is 0.856. The van der Waals surface area contributed by atoms with Crippen molar-refractivity contribution in [2.75, 3.05) is 17.7 Å². The first-order valence-corrected chi connectivity index (χ1v) is 4.89. The highest BCUT2D eigenvalue weighted by atomic mass is 79.9. The van der Waals surface area contributed by atoms with Crippen molar-refractivity contribution in [3.8, 4) is 0 Å². The molecule has 1 rings (SSSR count). The van der Waals surface area contributed by atoms with Crippen LogP contribution in [0.4, 0.5) is 11.6 Å². The van der Waals surface area contributed by atoms with Gasteiger partial charge < -0.3 is 10.6 Å². The second-order valence-corrected chi connectivity index (χ2v) is 3.73.